The van der Waals surface area contributed by atoms with Gasteiger partial charge in [-0.05, 0) is 48.9 Å². The highest BCUT2D eigenvalue weighted by atomic mass is 32.2. The van der Waals surface area contributed by atoms with E-state index < -0.39 is 22.0 Å². The summed E-state index contributed by atoms with van der Waals surface area (Å²) in [4.78, 5) is 28.3. The van der Waals surface area contributed by atoms with E-state index in [-0.39, 0.29) is 19.0 Å². The summed E-state index contributed by atoms with van der Waals surface area (Å²) < 4.78 is 26.6. The molecule has 7 nitrogen and oxygen atoms in total. The first kappa shape index (κ1) is 29.4. The molecule has 0 bridgehead atoms. The monoisotopic (exact) mass is 515 g/mol. The summed E-state index contributed by atoms with van der Waals surface area (Å²) in [6.07, 6.45) is 3.30. The zero-order chi connectivity index (χ0) is 26.9. The van der Waals surface area contributed by atoms with E-state index in [1.165, 1.54) is 4.90 Å². The summed E-state index contributed by atoms with van der Waals surface area (Å²) in [7, 11) is -3.74. The second-order valence-corrected chi connectivity index (χ2v) is 11.5. The van der Waals surface area contributed by atoms with Crippen LogP contribution in [0.1, 0.15) is 69.6 Å². The molecule has 0 spiro atoms. The van der Waals surface area contributed by atoms with Crippen molar-refractivity contribution in [2.24, 2.45) is 0 Å². The molecule has 1 N–H and O–H groups in total. The maximum absolute atomic E-state index is 13.7. The van der Waals surface area contributed by atoms with Gasteiger partial charge in [0.25, 0.3) is 0 Å². The highest BCUT2D eigenvalue weighted by Gasteiger charge is 2.31. The van der Waals surface area contributed by atoms with Crippen LogP contribution in [0, 0.1) is 6.92 Å². The molecule has 0 fully saturated rings. The number of benzene rings is 2. The SMILES string of the molecule is CCCCNC(=O)[C@H](CC)N(Cc1cccc(C)c1)C(=O)CN(c1ccc(C(C)C)cc1)S(C)(=O)=O. The number of rotatable bonds is 13. The number of carbonyl (C=O) groups is 2. The molecule has 2 rings (SSSR count). The number of unbranched alkanes of at least 4 members (excludes halogenated alkanes) is 1. The van der Waals surface area contributed by atoms with Crippen LogP contribution in [-0.2, 0) is 26.2 Å². The van der Waals surface area contributed by atoms with Crippen molar-refractivity contribution in [3.05, 3.63) is 65.2 Å². The molecule has 0 saturated carbocycles. The smallest absolute Gasteiger partial charge is 0.244 e. The minimum Gasteiger partial charge on any atom is -0.354 e. The summed E-state index contributed by atoms with van der Waals surface area (Å²) in [6.45, 7) is 10.4. The maximum atomic E-state index is 13.7. The Morgan fingerprint density at radius 1 is 1.03 bits per heavy atom. The number of anilines is 1. The Labute approximate surface area is 216 Å². The average molecular weight is 516 g/mol. The number of amides is 2. The van der Waals surface area contributed by atoms with Gasteiger partial charge in [-0.2, -0.15) is 0 Å². The summed E-state index contributed by atoms with van der Waals surface area (Å²) in [5, 5.41) is 2.93. The van der Waals surface area contributed by atoms with E-state index in [2.05, 4.69) is 19.2 Å². The lowest BCUT2D eigenvalue weighted by Gasteiger charge is -2.33. The number of hydrogen-bond donors (Lipinski definition) is 1. The van der Waals surface area contributed by atoms with Gasteiger partial charge in [0.05, 0.1) is 11.9 Å². The fourth-order valence-corrected chi connectivity index (χ4v) is 4.92. The molecule has 36 heavy (non-hydrogen) atoms. The predicted molar refractivity (Wildman–Crippen MR) is 146 cm³/mol. The van der Waals surface area contributed by atoms with Crippen molar-refractivity contribution in [1.82, 2.24) is 10.2 Å². The Bertz CT molecular complexity index is 1110. The van der Waals surface area contributed by atoms with E-state index >= 15 is 0 Å². The molecule has 2 amide bonds. The van der Waals surface area contributed by atoms with Crippen LogP contribution >= 0.6 is 0 Å². The topological polar surface area (TPSA) is 86.8 Å². The van der Waals surface area contributed by atoms with Gasteiger partial charge in [-0.25, -0.2) is 8.42 Å². The number of nitrogens with zero attached hydrogens (tertiary/aromatic N) is 2. The molecule has 2 aromatic carbocycles. The molecular weight excluding hydrogens is 474 g/mol. The second kappa shape index (κ2) is 13.4. The van der Waals surface area contributed by atoms with Gasteiger partial charge in [-0.3, -0.25) is 13.9 Å². The van der Waals surface area contributed by atoms with Gasteiger partial charge in [0.15, 0.2) is 0 Å². The molecule has 0 aromatic heterocycles. The van der Waals surface area contributed by atoms with Crippen LogP contribution in [0.2, 0.25) is 0 Å². The molecule has 0 aliphatic rings. The van der Waals surface area contributed by atoms with Crippen LogP contribution in [-0.4, -0.2) is 50.5 Å². The highest BCUT2D eigenvalue weighted by Crippen LogP contribution is 2.23. The van der Waals surface area contributed by atoms with Gasteiger partial charge < -0.3 is 10.2 Å². The van der Waals surface area contributed by atoms with Crippen LogP contribution in [0.5, 0.6) is 0 Å². The Balaban J connectivity index is 2.40. The molecule has 2 aromatic rings. The summed E-state index contributed by atoms with van der Waals surface area (Å²) in [6, 6.07) is 14.3. The maximum Gasteiger partial charge on any atom is 0.244 e. The van der Waals surface area contributed by atoms with Crippen molar-refractivity contribution < 1.29 is 18.0 Å². The van der Waals surface area contributed by atoms with Gasteiger partial charge in [0.1, 0.15) is 12.6 Å². The third kappa shape index (κ3) is 8.36. The van der Waals surface area contributed by atoms with Crippen LogP contribution in [0.4, 0.5) is 5.69 Å². The third-order valence-corrected chi connectivity index (χ3v) is 7.32. The predicted octanol–water partition coefficient (Wildman–Crippen LogP) is 4.61. The van der Waals surface area contributed by atoms with Crippen molar-refractivity contribution in [3.8, 4) is 0 Å². The van der Waals surface area contributed by atoms with E-state index in [4.69, 9.17) is 0 Å². The van der Waals surface area contributed by atoms with E-state index in [1.54, 1.807) is 12.1 Å². The molecule has 0 unspecified atom stereocenters. The minimum atomic E-state index is -3.74. The molecule has 198 valence electrons. The van der Waals surface area contributed by atoms with E-state index in [0.717, 1.165) is 40.1 Å². The molecule has 0 aliphatic heterocycles. The number of carbonyl (C=O) groups excluding carboxylic acids is 2. The fourth-order valence-electron chi connectivity index (χ4n) is 4.07. The molecule has 0 radical (unpaired) electrons. The Morgan fingerprint density at radius 2 is 1.69 bits per heavy atom. The zero-order valence-corrected chi connectivity index (χ0v) is 23.3. The molecule has 0 aliphatic carbocycles. The molecule has 0 saturated heterocycles. The van der Waals surface area contributed by atoms with Crippen LogP contribution in [0.15, 0.2) is 48.5 Å². The quantitative estimate of drug-likeness (QED) is 0.395. The minimum absolute atomic E-state index is 0.212. The largest absolute Gasteiger partial charge is 0.354 e. The van der Waals surface area contributed by atoms with Crippen molar-refractivity contribution >= 4 is 27.5 Å². The lowest BCUT2D eigenvalue weighted by molar-refractivity contribution is -0.140. The Kier molecular flexibility index (Phi) is 11.0. The average Bonchev–Trinajstić information content (AvgIpc) is 2.81. The molecule has 0 heterocycles. The number of aryl methyl sites for hydroxylation is 1. The van der Waals surface area contributed by atoms with Gasteiger partial charge in [0, 0.05) is 13.1 Å². The summed E-state index contributed by atoms with van der Waals surface area (Å²) in [5.41, 5.74) is 3.43. The Morgan fingerprint density at radius 3 is 2.22 bits per heavy atom. The van der Waals surface area contributed by atoms with E-state index in [1.807, 2.05) is 57.2 Å². The van der Waals surface area contributed by atoms with E-state index in [0.29, 0.717) is 24.6 Å². The summed E-state index contributed by atoms with van der Waals surface area (Å²) in [5.74, 6) is -0.347. The fraction of sp³-hybridized carbons (Fsp3) is 0.500. The second-order valence-electron chi connectivity index (χ2n) is 9.60. The molecular formula is C28H41N3O4S. The normalized spacial score (nSPS) is 12.3. The first-order chi connectivity index (χ1) is 17.0. The standard InChI is InChI=1S/C28H41N3O4S/c1-7-9-17-29-28(33)26(8-2)30(19-23-12-10-11-22(5)18-23)27(32)20-31(36(6,34)35)25-15-13-24(14-16-25)21(3)4/h10-16,18,21,26H,7-9,17,19-20H2,1-6H3,(H,29,33)/t26-/m0/s1. The number of sulfonamides is 1. The molecule has 8 heteroatoms. The first-order valence-corrected chi connectivity index (χ1v) is 14.5. The van der Waals surface area contributed by atoms with Gasteiger partial charge >= 0.3 is 0 Å². The van der Waals surface area contributed by atoms with Crippen molar-refractivity contribution in [2.75, 3.05) is 23.7 Å². The summed E-state index contributed by atoms with van der Waals surface area (Å²) >= 11 is 0. The third-order valence-electron chi connectivity index (χ3n) is 6.18. The van der Waals surface area contributed by atoms with Crippen molar-refractivity contribution in [2.45, 2.75) is 72.4 Å². The highest BCUT2D eigenvalue weighted by molar-refractivity contribution is 7.92. The first-order valence-electron chi connectivity index (χ1n) is 12.7. The zero-order valence-electron chi connectivity index (χ0n) is 22.5. The van der Waals surface area contributed by atoms with Crippen LogP contribution < -0.4 is 9.62 Å². The lowest BCUT2D eigenvalue weighted by Crippen LogP contribution is -2.52. The van der Waals surface area contributed by atoms with Gasteiger partial charge in [-0.15, -0.1) is 0 Å². The number of hydrogen-bond acceptors (Lipinski definition) is 4. The van der Waals surface area contributed by atoms with Gasteiger partial charge in [-0.1, -0.05) is 76.1 Å². The van der Waals surface area contributed by atoms with Crippen molar-refractivity contribution in [3.63, 3.8) is 0 Å². The van der Waals surface area contributed by atoms with Crippen LogP contribution in [0.3, 0.4) is 0 Å². The van der Waals surface area contributed by atoms with Crippen LogP contribution in [0.25, 0.3) is 0 Å². The number of nitrogens with one attached hydrogen (secondary N) is 1. The Hall–Kier alpha value is -2.87. The van der Waals surface area contributed by atoms with Gasteiger partial charge in [0.2, 0.25) is 21.8 Å². The molecule has 1 atom stereocenters. The lowest BCUT2D eigenvalue weighted by atomic mass is 10.0. The van der Waals surface area contributed by atoms with Crippen molar-refractivity contribution in [1.29, 1.82) is 0 Å². The van der Waals surface area contributed by atoms with E-state index in [9.17, 15) is 18.0 Å².